The SMILES string of the molecule is COc1ccc(C(=O)N(C)Cc2ccccc2Br)c(O)c1. The maximum atomic E-state index is 12.4. The van der Waals surface area contributed by atoms with Crippen LogP contribution in [0.2, 0.25) is 0 Å². The van der Waals surface area contributed by atoms with Crippen LogP contribution in [0, 0.1) is 0 Å². The number of amides is 1. The maximum Gasteiger partial charge on any atom is 0.257 e. The third-order valence-corrected chi connectivity index (χ3v) is 3.92. The lowest BCUT2D eigenvalue weighted by atomic mass is 10.1. The second-order valence-corrected chi connectivity index (χ2v) is 5.49. The predicted molar refractivity (Wildman–Crippen MR) is 84.6 cm³/mol. The molecule has 2 rings (SSSR count). The van der Waals surface area contributed by atoms with Crippen LogP contribution >= 0.6 is 15.9 Å². The Labute approximate surface area is 132 Å². The van der Waals surface area contributed by atoms with E-state index in [0.29, 0.717) is 12.3 Å². The van der Waals surface area contributed by atoms with Gasteiger partial charge in [-0.05, 0) is 23.8 Å². The summed E-state index contributed by atoms with van der Waals surface area (Å²) in [4.78, 5) is 13.9. The Bertz CT molecular complexity index is 658. The Kier molecular flexibility index (Phi) is 4.85. The molecule has 1 N–H and O–H groups in total. The van der Waals surface area contributed by atoms with Crippen LogP contribution < -0.4 is 4.74 Å². The Morgan fingerprint density at radius 2 is 2.00 bits per heavy atom. The van der Waals surface area contributed by atoms with Crippen LogP contribution in [-0.2, 0) is 6.54 Å². The summed E-state index contributed by atoms with van der Waals surface area (Å²) in [5.74, 6) is 0.182. The highest BCUT2D eigenvalue weighted by Crippen LogP contribution is 2.25. The van der Waals surface area contributed by atoms with Gasteiger partial charge in [0.05, 0.1) is 12.7 Å². The van der Waals surface area contributed by atoms with E-state index in [9.17, 15) is 9.90 Å². The van der Waals surface area contributed by atoms with Crippen LogP contribution in [0.1, 0.15) is 15.9 Å². The van der Waals surface area contributed by atoms with Gasteiger partial charge in [-0.15, -0.1) is 0 Å². The summed E-state index contributed by atoms with van der Waals surface area (Å²) in [5.41, 5.74) is 1.26. The normalized spacial score (nSPS) is 10.2. The average molecular weight is 350 g/mol. The molecule has 0 aliphatic rings. The lowest BCUT2D eigenvalue weighted by Crippen LogP contribution is -2.26. The van der Waals surface area contributed by atoms with Crippen molar-refractivity contribution in [3.63, 3.8) is 0 Å². The average Bonchev–Trinajstić information content (AvgIpc) is 2.48. The molecule has 2 aromatic rings. The fraction of sp³-hybridized carbons (Fsp3) is 0.188. The van der Waals surface area contributed by atoms with Crippen molar-refractivity contribution in [2.45, 2.75) is 6.54 Å². The second-order valence-electron chi connectivity index (χ2n) is 4.64. The van der Waals surface area contributed by atoms with Crippen molar-refractivity contribution in [3.05, 3.63) is 58.1 Å². The molecule has 0 spiro atoms. The molecule has 0 saturated carbocycles. The summed E-state index contributed by atoms with van der Waals surface area (Å²) in [6.07, 6.45) is 0. The molecule has 0 unspecified atom stereocenters. The number of hydrogen-bond acceptors (Lipinski definition) is 3. The highest BCUT2D eigenvalue weighted by molar-refractivity contribution is 9.10. The van der Waals surface area contributed by atoms with Gasteiger partial charge >= 0.3 is 0 Å². The molecule has 0 fully saturated rings. The molecule has 2 aromatic carbocycles. The lowest BCUT2D eigenvalue weighted by Gasteiger charge is -2.19. The van der Waals surface area contributed by atoms with Crippen LogP contribution in [0.5, 0.6) is 11.5 Å². The third kappa shape index (κ3) is 3.55. The number of ether oxygens (including phenoxy) is 1. The number of hydrogen-bond donors (Lipinski definition) is 1. The van der Waals surface area contributed by atoms with Crippen molar-refractivity contribution in [3.8, 4) is 11.5 Å². The number of benzene rings is 2. The molecule has 0 aromatic heterocycles. The predicted octanol–water partition coefficient (Wildman–Crippen LogP) is 3.44. The van der Waals surface area contributed by atoms with Crippen LogP contribution in [0.4, 0.5) is 0 Å². The number of carbonyl (C=O) groups excluding carboxylic acids is 1. The van der Waals surface area contributed by atoms with E-state index in [0.717, 1.165) is 10.0 Å². The van der Waals surface area contributed by atoms with E-state index in [1.807, 2.05) is 24.3 Å². The largest absolute Gasteiger partial charge is 0.507 e. The standard InChI is InChI=1S/C16H16BrNO3/c1-18(10-11-5-3-4-6-14(11)17)16(20)13-8-7-12(21-2)9-15(13)19/h3-9,19H,10H2,1-2H3. The Morgan fingerprint density at radius 3 is 2.62 bits per heavy atom. The first-order chi connectivity index (χ1) is 10.0. The quantitative estimate of drug-likeness (QED) is 0.919. The van der Waals surface area contributed by atoms with E-state index < -0.39 is 0 Å². The smallest absolute Gasteiger partial charge is 0.257 e. The number of phenols is 1. The monoisotopic (exact) mass is 349 g/mol. The van der Waals surface area contributed by atoms with Gasteiger partial charge in [0, 0.05) is 24.1 Å². The highest BCUT2D eigenvalue weighted by atomic mass is 79.9. The van der Waals surface area contributed by atoms with Gasteiger partial charge in [0.2, 0.25) is 0 Å². The van der Waals surface area contributed by atoms with Gasteiger partial charge in [0.25, 0.3) is 5.91 Å². The minimum atomic E-state index is -0.245. The molecular formula is C16H16BrNO3. The number of halogens is 1. The minimum Gasteiger partial charge on any atom is -0.507 e. The summed E-state index contributed by atoms with van der Waals surface area (Å²) in [7, 11) is 3.21. The lowest BCUT2D eigenvalue weighted by molar-refractivity contribution is 0.0782. The van der Waals surface area contributed by atoms with E-state index in [-0.39, 0.29) is 17.2 Å². The molecular weight excluding hydrogens is 334 g/mol. The molecule has 0 atom stereocenters. The summed E-state index contributed by atoms with van der Waals surface area (Å²) in [6.45, 7) is 0.450. The van der Waals surface area contributed by atoms with Gasteiger partial charge < -0.3 is 14.7 Å². The van der Waals surface area contributed by atoms with Gasteiger partial charge in [-0.3, -0.25) is 4.79 Å². The minimum absolute atomic E-state index is 0.0849. The van der Waals surface area contributed by atoms with E-state index in [1.165, 1.54) is 13.2 Å². The van der Waals surface area contributed by atoms with E-state index in [4.69, 9.17) is 4.74 Å². The van der Waals surface area contributed by atoms with Gasteiger partial charge in [-0.1, -0.05) is 34.1 Å². The first-order valence-corrected chi connectivity index (χ1v) is 7.18. The Morgan fingerprint density at radius 1 is 1.29 bits per heavy atom. The fourth-order valence-electron chi connectivity index (χ4n) is 1.98. The molecule has 110 valence electrons. The van der Waals surface area contributed by atoms with E-state index in [2.05, 4.69) is 15.9 Å². The van der Waals surface area contributed by atoms with Crippen molar-refractivity contribution in [2.75, 3.05) is 14.2 Å². The number of nitrogens with zero attached hydrogens (tertiary/aromatic N) is 1. The number of phenolic OH excluding ortho intramolecular Hbond substituents is 1. The first-order valence-electron chi connectivity index (χ1n) is 6.39. The van der Waals surface area contributed by atoms with Crippen LogP contribution in [-0.4, -0.2) is 30.1 Å². The first kappa shape index (κ1) is 15.4. The highest BCUT2D eigenvalue weighted by Gasteiger charge is 2.17. The molecule has 21 heavy (non-hydrogen) atoms. The van der Waals surface area contributed by atoms with Crippen molar-refractivity contribution in [1.82, 2.24) is 4.90 Å². The number of methoxy groups -OCH3 is 1. The number of carbonyl (C=O) groups is 1. The zero-order valence-corrected chi connectivity index (χ0v) is 13.4. The zero-order chi connectivity index (χ0) is 15.4. The maximum absolute atomic E-state index is 12.4. The van der Waals surface area contributed by atoms with Crippen molar-refractivity contribution >= 4 is 21.8 Å². The molecule has 4 nitrogen and oxygen atoms in total. The molecule has 5 heteroatoms. The summed E-state index contributed by atoms with van der Waals surface area (Å²) in [5, 5.41) is 9.93. The van der Waals surface area contributed by atoms with Gasteiger partial charge in [-0.25, -0.2) is 0 Å². The summed E-state index contributed by atoms with van der Waals surface area (Å²) >= 11 is 3.46. The number of aromatic hydroxyl groups is 1. The van der Waals surface area contributed by atoms with E-state index in [1.54, 1.807) is 24.1 Å². The molecule has 0 radical (unpaired) electrons. The topological polar surface area (TPSA) is 49.8 Å². The third-order valence-electron chi connectivity index (χ3n) is 3.15. The van der Waals surface area contributed by atoms with Crippen LogP contribution in [0.15, 0.2) is 46.9 Å². The fourth-order valence-corrected chi connectivity index (χ4v) is 2.39. The Hall–Kier alpha value is -2.01. The van der Waals surface area contributed by atoms with Gasteiger partial charge in [0.15, 0.2) is 0 Å². The zero-order valence-electron chi connectivity index (χ0n) is 11.8. The van der Waals surface area contributed by atoms with Crippen LogP contribution in [0.25, 0.3) is 0 Å². The molecule has 1 amide bonds. The molecule has 0 aliphatic carbocycles. The van der Waals surface area contributed by atoms with Gasteiger partial charge in [0.1, 0.15) is 11.5 Å². The second kappa shape index (κ2) is 6.63. The molecule has 0 saturated heterocycles. The molecule has 0 aliphatic heterocycles. The van der Waals surface area contributed by atoms with Crippen LogP contribution in [0.3, 0.4) is 0 Å². The molecule has 0 heterocycles. The number of rotatable bonds is 4. The van der Waals surface area contributed by atoms with Crippen molar-refractivity contribution < 1.29 is 14.6 Å². The summed E-state index contributed by atoms with van der Waals surface area (Å²) in [6, 6.07) is 12.4. The van der Waals surface area contributed by atoms with Crippen molar-refractivity contribution in [2.24, 2.45) is 0 Å². The Balaban J connectivity index is 2.18. The van der Waals surface area contributed by atoms with Gasteiger partial charge in [-0.2, -0.15) is 0 Å². The molecule has 0 bridgehead atoms. The van der Waals surface area contributed by atoms with E-state index >= 15 is 0 Å². The summed E-state index contributed by atoms with van der Waals surface area (Å²) < 4.78 is 5.96. The van der Waals surface area contributed by atoms with Crippen molar-refractivity contribution in [1.29, 1.82) is 0 Å².